The first-order valence-corrected chi connectivity index (χ1v) is 7.84. The van der Waals surface area contributed by atoms with E-state index in [0.29, 0.717) is 6.54 Å². The van der Waals surface area contributed by atoms with Gasteiger partial charge in [0.05, 0.1) is 6.54 Å². The molecule has 8 heteroatoms. The highest BCUT2D eigenvalue weighted by atomic mass is 32.1. The van der Waals surface area contributed by atoms with Crippen LogP contribution < -0.4 is 10.1 Å². The number of halogens is 2. The van der Waals surface area contributed by atoms with Crippen LogP contribution in [0.3, 0.4) is 0 Å². The Labute approximate surface area is 137 Å². The summed E-state index contributed by atoms with van der Waals surface area (Å²) in [4.78, 5) is 14.3. The molecule has 0 radical (unpaired) electrons. The molecule has 0 saturated carbocycles. The Kier molecular flexibility index (Phi) is 5.03. The number of nitrogens with zero attached hydrogens (tertiary/aromatic N) is 2. The topological polar surface area (TPSA) is 56.2 Å². The van der Waals surface area contributed by atoms with Gasteiger partial charge in [-0.25, -0.2) is 4.68 Å². The van der Waals surface area contributed by atoms with Crippen LogP contribution in [0.2, 0.25) is 0 Å². The largest absolute Gasteiger partial charge is 0.417 e. The molecule has 2 heterocycles. The van der Waals surface area contributed by atoms with Crippen molar-refractivity contribution in [2.45, 2.75) is 39.3 Å². The fraction of sp³-hybridized carbons (Fsp3) is 0.467. The van der Waals surface area contributed by atoms with Crippen LogP contribution in [0, 0.1) is 0 Å². The number of hydrogen-bond donors (Lipinski definition) is 1. The fourth-order valence-electron chi connectivity index (χ4n) is 1.90. The van der Waals surface area contributed by atoms with Crippen LogP contribution in [0.25, 0.3) is 0 Å². The molecule has 0 bridgehead atoms. The second-order valence-corrected chi connectivity index (χ2v) is 7.24. The van der Waals surface area contributed by atoms with E-state index in [2.05, 4.69) is 35.9 Å². The van der Waals surface area contributed by atoms with E-state index < -0.39 is 12.5 Å². The van der Waals surface area contributed by atoms with Crippen LogP contribution in [0.4, 0.5) is 8.78 Å². The summed E-state index contributed by atoms with van der Waals surface area (Å²) in [5.74, 6) is -0.591. The number of carbonyl (C=O) groups is 1. The summed E-state index contributed by atoms with van der Waals surface area (Å²) < 4.78 is 29.8. The van der Waals surface area contributed by atoms with Crippen molar-refractivity contribution in [1.29, 1.82) is 0 Å². The minimum Gasteiger partial charge on any atom is -0.417 e. The molecule has 126 valence electrons. The number of thiophene rings is 1. The maximum absolute atomic E-state index is 12.2. The van der Waals surface area contributed by atoms with Gasteiger partial charge in [-0.2, -0.15) is 13.9 Å². The first-order chi connectivity index (χ1) is 10.7. The van der Waals surface area contributed by atoms with Gasteiger partial charge < -0.3 is 10.1 Å². The molecule has 0 saturated heterocycles. The Hall–Kier alpha value is -1.96. The lowest BCUT2D eigenvalue weighted by atomic mass is 9.95. The molecule has 0 aromatic carbocycles. The number of alkyl halides is 2. The maximum Gasteiger partial charge on any atom is 0.388 e. The van der Waals surface area contributed by atoms with E-state index in [-0.39, 0.29) is 17.0 Å². The Morgan fingerprint density at radius 2 is 2.13 bits per heavy atom. The second kappa shape index (κ2) is 6.66. The van der Waals surface area contributed by atoms with Crippen molar-refractivity contribution >= 4 is 17.2 Å². The number of aryl methyl sites for hydroxylation is 1. The average Bonchev–Trinajstić information content (AvgIpc) is 3.03. The van der Waals surface area contributed by atoms with Gasteiger partial charge in [-0.15, -0.1) is 11.3 Å². The van der Waals surface area contributed by atoms with Gasteiger partial charge >= 0.3 is 6.61 Å². The summed E-state index contributed by atoms with van der Waals surface area (Å²) in [7, 11) is 1.43. The van der Waals surface area contributed by atoms with E-state index in [0.717, 1.165) is 9.56 Å². The molecule has 5 nitrogen and oxygen atoms in total. The lowest BCUT2D eigenvalue weighted by molar-refractivity contribution is -0.0553. The Morgan fingerprint density at radius 1 is 1.43 bits per heavy atom. The molecule has 0 atom stereocenters. The zero-order valence-electron chi connectivity index (χ0n) is 13.4. The highest BCUT2D eigenvalue weighted by molar-refractivity contribution is 7.12. The number of amides is 1. The highest BCUT2D eigenvalue weighted by Gasteiger charge is 2.18. The molecular weight excluding hydrogens is 324 g/mol. The van der Waals surface area contributed by atoms with Crippen molar-refractivity contribution in [1.82, 2.24) is 15.1 Å². The molecule has 2 rings (SSSR count). The molecule has 2 aromatic rings. The van der Waals surface area contributed by atoms with Crippen molar-refractivity contribution in [3.05, 3.63) is 33.6 Å². The second-order valence-electron chi connectivity index (χ2n) is 6.07. The monoisotopic (exact) mass is 343 g/mol. The van der Waals surface area contributed by atoms with E-state index in [4.69, 9.17) is 0 Å². The predicted molar refractivity (Wildman–Crippen MR) is 84.0 cm³/mol. The summed E-state index contributed by atoms with van der Waals surface area (Å²) in [5.41, 5.74) is 0.103. The Morgan fingerprint density at radius 3 is 2.70 bits per heavy atom. The van der Waals surface area contributed by atoms with Crippen molar-refractivity contribution in [3.63, 3.8) is 0 Å². The highest BCUT2D eigenvalue weighted by Crippen LogP contribution is 2.29. The van der Waals surface area contributed by atoms with Crippen molar-refractivity contribution < 1.29 is 18.3 Å². The number of carbonyl (C=O) groups excluding carboxylic acids is 1. The molecule has 0 aliphatic carbocycles. The Bertz CT molecular complexity index is 689. The van der Waals surface area contributed by atoms with E-state index in [1.165, 1.54) is 18.0 Å². The summed E-state index contributed by atoms with van der Waals surface area (Å²) in [5, 5.41) is 6.60. The molecule has 0 spiro atoms. The lowest BCUT2D eigenvalue weighted by Gasteiger charge is -2.15. The first-order valence-electron chi connectivity index (χ1n) is 7.03. The third-order valence-corrected chi connectivity index (χ3v) is 4.61. The molecule has 2 aromatic heterocycles. The number of ether oxygens (including phenoxy) is 1. The zero-order chi connectivity index (χ0) is 17.2. The van der Waals surface area contributed by atoms with Crippen LogP contribution in [0.5, 0.6) is 5.88 Å². The standard InChI is InChI=1S/C15H19F2N3O2S/c1-15(2,3)11-6-5-9(23-11)8-18-13(21)10-7-12(20(4)19-10)22-14(16)17/h5-7,14H,8H2,1-4H3,(H,18,21). The number of hydrogen-bond acceptors (Lipinski definition) is 4. The zero-order valence-corrected chi connectivity index (χ0v) is 14.2. The van der Waals surface area contributed by atoms with Gasteiger partial charge in [-0.1, -0.05) is 20.8 Å². The van der Waals surface area contributed by atoms with Crippen LogP contribution in [-0.4, -0.2) is 22.3 Å². The normalized spacial score (nSPS) is 11.8. The van der Waals surface area contributed by atoms with Gasteiger partial charge in [0.25, 0.3) is 5.91 Å². The first kappa shape index (κ1) is 17.4. The molecular formula is C15H19F2N3O2S. The average molecular weight is 343 g/mol. The molecule has 1 N–H and O–H groups in total. The third-order valence-electron chi connectivity index (χ3n) is 3.10. The number of rotatable bonds is 5. The third kappa shape index (κ3) is 4.51. The van der Waals surface area contributed by atoms with E-state index >= 15 is 0 Å². The molecule has 23 heavy (non-hydrogen) atoms. The van der Waals surface area contributed by atoms with E-state index in [1.54, 1.807) is 11.3 Å². The summed E-state index contributed by atoms with van der Waals surface area (Å²) in [6.07, 6.45) is 0. The fourth-order valence-corrected chi connectivity index (χ4v) is 2.90. The Balaban J connectivity index is 1.98. The van der Waals surface area contributed by atoms with Gasteiger partial charge in [0.1, 0.15) is 0 Å². The van der Waals surface area contributed by atoms with E-state index in [1.807, 2.05) is 12.1 Å². The molecule has 0 aliphatic rings. The lowest BCUT2D eigenvalue weighted by Crippen LogP contribution is -2.22. The van der Waals surface area contributed by atoms with Crippen molar-refractivity contribution in [2.75, 3.05) is 0 Å². The smallest absolute Gasteiger partial charge is 0.388 e. The minimum absolute atomic E-state index is 0.0377. The summed E-state index contributed by atoms with van der Waals surface area (Å²) in [6, 6.07) is 5.20. The molecule has 0 aliphatic heterocycles. The SMILES string of the molecule is Cn1nc(C(=O)NCc2ccc(C(C)(C)C)s2)cc1OC(F)F. The van der Waals surface area contributed by atoms with Gasteiger partial charge in [-0.3, -0.25) is 4.79 Å². The molecule has 0 unspecified atom stereocenters. The van der Waals surface area contributed by atoms with E-state index in [9.17, 15) is 13.6 Å². The number of aromatic nitrogens is 2. The van der Waals surface area contributed by atoms with Crippen molar-refractivity contribution in [2.24, 2.45) is 7.05 Å². The van der Waals surface area contributed by atoms with Crippen LogP contribution in [0.1, 0.15) is 41.0 Å². The van der Waals surface area contributed by atoms with Crippen molar-refractivity contribution in [3.8, 4) is 5.88 Å². The van der Waals surface area contributed by atoms with Gasteiger partial charge in [0, 0.05) is 22.9 Å². The van der Waals surface area contributed by atoms with Gasteiger partial charge in [0.15, 0.2) is 5.69 Å². The quantitative estimate of drug-likeness (QED) is 0.906. The van der Waals surface area contributed by atoms with Crippen LogP contribution >= 0.6 is 11.3 Å². The summed E-state index contributed by atoms with van der Waals surface area (Å²) >= 11 is 1.63. The minimum atomic E-state index is -2.96. The molecule has 0 fully saturated rings. The van der Waals surface area contributed by atoms with Gasteiger partial charge in [0.2, 0.25) is 5.88 Å². The van der Waals surface area contributed by atoms with Crippen LogP contribution in [0.15, 0.2) is 18.2 Å². The number of nitrogens with one attached hydrogen (secondary N) is 1. The maximum atomic E-state index is 12.2. The van der Waals surface area contributed by atoms with Crippen LogP contribution in [-0.2, 0) is 19.0 Å². The predicted octanol–water partition coefficient (Wildman–Crippen LogP) is 3.31. The van der Waals surface area contributed by atoms with Gasteiger partial charge in [-0.05, 0) is 17.5 Å². The molecule has 1 amide bonds. The summed E-state index contributed by atoms with van der Waals surface area (Å²) in [6.45, 7) is 3.78.